The van der Waals surface area contributed by atoms with E-state index < -0.39 is 11.5 Å². The summed E-state index contributed by atoms with van der Waals surface area (Å²) in [5.74, 6) is 4.78. The van der Waals surface area contributed by atoms with Crippen molar-refractivity contribution in [1.29, 1.82) is 0 Å². The second kappa shape index (κ2) is 10.8. The van der Waals surface area contributed by atoms with Gasteiger partial charge in [0.15, 0.2) is 5.69 Å². The third-order valence-corrected chi connectivity index (χ3v) is 6.95. The molecule has 1 aliphatic rings. The molecular weight excluding hydrogens is 436 g/mol. The van der Waals surface area contributed by atoms with E-state index in [4.69, 9.17) is 9.84 Å². The van der Waals surface area contributed by atoms with Gasteiger partial charge in [-0.25, -0.2) is 0 Å². The number of hydrogen-bond acceptors (Lipinski definition) is 4. The lowest BCUT2D eigenvalue weighted by Crippen LogP contribution is -2.54. The van der Waals surface area contributed by atoms with Gasteiger partial charge in [-0.15, -0.1) is 0 Å². The maximum atomic E-state index is 13.4. The van der Waals surface area contributed by atoms with E-state index in [1.807, 2.05) is 50.8 Å². The van der Waals surface area contributed by atoms with Gasteiger partial charge in [0.2, 0.25) is 5.91 Å². The van der Waals surface area contributed by atoms with E-state index in [-0.39, 0.29) is 22.3 Å². The molecule has 182 valence electrons. The van der Waals surface area contributed by atoms with Crippen molar-refractivity contribution >= 4 is 39.1 Å². The summed E-state index contributed by atoms with van der Waals surface area (Å²) < 4.78 is 7.45. The molecule has 0 saturated carbocycles. The number of nitrogens with one attached hydrogen (secondary N) is 2. The van der Waals surface area contributed by atoms with E-state index in [1.165, 1.54) is 0 Å². The first kappa shape index (κ1) is 25.4. The van der Waals surface area contributed by atoms with Crippen LogP contribution in [-0.4, -0.2) is 65.3 Å². The number of aromatic nitrogens is 2. The van der Waals surface area contributed by atoms with Crippen molar-refractivity contribution in [2.45, 2.75) is 53.1 Å². The van der Waals surface area contributed by atoms with Crippen LogP contribution in [0.15, 0.2) is 18.2 Å². The lowest BCUT2D eigenvalue weighted by Gasteiger charge is -2.30. The summed E-state index contributed by atoms with van der Waals surface area (Å²) in [5.41, 5.74) is 1.99. The number of nitrogens with zero attached hydrogens (tertiary/aromatic N) is 2. The number of aryl methyl sites for hydroxylation is 1. The van der Waals surface area contributed by atoms with Gasteiger partial charge < -0.3 is 15.4 Å². The highest BCUT2D eigenvalue weighted by molar-refractivity contribution is 8.13. The summed E-state index contributed by atoms with van der Waals surface area (Å²) in [7, 11) is 0.00200. The van der Waals surface area contributed by atoms with E-state index in [1.54, 1.807) is 0 Å². The highest BCUT2D eigenvalue weighted by Gasteiger charge is 2.34. The van der Waals surface area contributed by atoms with Crippen molar-refractivity contribution in [1.82, 2.24) is 20.4 Å². The molecule has 8 heteroatoms. The highest BCUT2D eigenvalue weighted by Crippen LogP contribution is 2.25. The van der Waals surface area contributed by atoms with Gasteiger partial charge in [-0.2, -0.15) is 15.6 Å². The summed E-state index contributed by atoms with van der Waals surface area (Å²) >= 11 is 0. The van der Waals surface area contributed by atoms with Crippen LogP contribution in [0.1, 0.15) is 49.7 Å². The first-order chi connectivity index (χ1) is 15.6. The smallest absolute Gasteiger partial charge is 0.273 e. The zero-order chi connectivity index (χ0) is 24.2. The Morgan fingerprint density at radius 2 is 2.00 bits per heavy atom. The fourth-order valence-corrected chi connectivity index (χ4v) is 4.54. The first-order valence-electron chi connectivity index (χ1n) is 11.6. The summed E-state index contributed by atoms with van der Waals surface area (Å²) in [6, 6.07) is 5.35. The molecule has 1 fully saturated rings. The molecule has 2 heterocycles. The Labute approximate surface area is 199 Å². The number of amides is 2. The van der Waals surface area contributed by atoms with Gasteiger partial charge in [0.25, 0.3) is 5.91 Å². The summed E-state index contributed by atoms with van der Waals surface area (Å²) in [5, 5.41) is 11.5. The van der Waals surface area contributed by atoms with Crippen molar-refractivity contribution in [3.63, 3.8) is 0 Å². The lowest BCUT2D eigenvalue weighted by molar-refractivity contribution is -0.125. The van der Waals surface area contributed by atoms with E-state index in [0.29, 0.717) is 18.2 Å². The van der Waals surface area contributed by atoms with Gasteiger partial charge >= 0.3 is 0 Å². The monoisotopic (exact) mass is 474 g/mol. The zero-order valence-electron chi connectivity index (χ0n) is 20.6. The Morgan fingerprint density at radius 3 is 2.64 bits per heavy atom. The lowest BCUT2D eigenvalue weighted by atomic mass is 9.86. The Kier molecular flexibility index (Phi) is 8.34. The van der Waals surface area contributed by atoms with Crippen molar-refractivity contribution in [2.24, 2.45) is 11.3 Å². The van der Waals surface area contributed by atoms with Crippen LogP contribution >= 0.6 is 10.5 Å². The molecule has 0 spiro atoms. The largest absolute Gasteiger partial charge is 0.381 e. The number of carbonyl (C=O) groups is 2. The Balaban J connectivity index is 1.85. The predicted octanol–water partition coefficient (Wildman–Crippen LogP) is 3.36. The zero-order valence-corrected chi connectivity index (χ0v) is 21.4. The van der Waals surface area contributed by atoms with Crippen molar-refractivity contribution in [3.05, 3.63) is 29.5 Å². The third kappa shape index (κ3) is 6.67. The van der Waals surface area contributed by atoms with E-state index in [9.17, 15) is 9.59 Å². The summed E-state index contributed by atoms with van der Waals surface area (Å²) in [6.07, 6.45) is 4.03. The molecule has 1 aliphatic heterocycles. The molecule has 2 aromatic rings. The molecule has 0 radical (unpaired) electrons. The molecule has 7 nitrogen and oxygen atoms in total. The van der Waals surface area contributed by atoms with Crippen LogP contribution in [0.25, 0.3) is 10.9 Å². The Bertz CT molecular complexity index is 1020. The average molecular weight is 475 g/mol. The molecule has 2 N–H and O–H groups in total. The molecular formula is C25H38N4O3S. The minimum absolute atomic E-state index is 0.00200. The summed E-state index contributed by atoms with van der Waals surface area (Å²) in [4.78, 5) is 26.3. The molecule has 0 bridgehead atoms. The first-order valence-corrected chi connectivity index (χ1v) is 13.6. The number of hydrogen-bond donors (Lipinski definition) is 2. The van der Waals surface area contributed by atoms with Gasteiger partial charge in [-0.1, -0.05) is 38.8 Å². The van der Waals surface area contributed by atoms with Crippen LogP contribution < -0.4 is 10.6 Å². The van der Waals surface area contributed by atoms with Crippen LogP contribution in [0.5, 0.6) is 0 Å². The molecule has 2 unspecified atom stereocenters. The minimum atomic E-state index is -0.672. The van der Waals surface area contributed by atoms with Crippen LogP contribution in [0, 0.1) is 18.3 Å². The number of rotatable bonds is 8. The fraction of sp³-hybridized carbons (Fsp3) is 0.600. The second-order valence-electron chi connectivity index (χ2n) is 10.2. The van der Waals surface area contributed by atoms with Crippen molar-refractivity contribution in [3.8, 4) is 0 Å². The number of benzene rings is 1. The van der Waals surface area contributed by atoms with Crippen molar-refractivity contribution in [2.75, 3.05) is 31.8 Å². The van der Waals surface area contributed by atoms with Crippen LogP contribution in [0.2, 0.25) is 0 Å². The maximum Gasteiger partial charge on any atom is 0.273 e. The Hall–Kier alpha value is -2.19. The molecule has 2 amide bonds. The minimum Gasteiger partial charge on any atom is -0.381 e. The number of carbonyl (C=O) groups excluding carboxylic acids is 2. The summed E-state index contributed by atoms with van der Waals surface area (Å²) in [6.45, 7) is 10.7. The van der Waals surface area contributed by atoms with Crippen molar-refractivity contribution < 1.29 is 14.3 Å². The quantitative estimate of drug-likeness (QED) is 0.575. The molecule has 3 rings (SSSR count). The van der Waals surface area contributed by atoms with Crippen LogP contribution in [0.3, 0.4) is 0 Å². The standard InChI is InChI=1S/C25H38N4O3S/c1-17-7-8-19-20(15-17)29(16-18-9-12-32-13-10-18)28-21(19)23(30)27-22(25(2,3)4)24(31)26-11-14-33(5)6/h7-8,15,18,22H,5,9-14,16H2,1-4,6H3,(H,26,31)(H,27,30). The fourth-order valence-electron chi connectivity index (χ4n) is 4.09. The molecule has 33 heavy (non-hydrogen) atoms. The second-order valence-corrected chi connectivity index (χ2v) is 12.1. The highest BCUT2D eigenvalue weighted by atomic mass is 32.2. The van der Waals surface area contributed by atoms with Gasteiger partial charge in [0.1, 0.15) is 6.04 Å². The molecule has 2 atom stereocenters. The molecule has 0 aliphatic carbocycles. The van der Waals surface area contributed by atoms with E-state index in [2.05, 4.69) is 22.6 Å². The van der Waals surface area contributed by atoms with E-state index in [0.717, 1.165) is 54.8 Å². The Morgan fingerprint density at radius 1 is 1.30 bits per heavy atom. The topological polar surface area (TPSA) is 85.3 Å². The number of fused-ring (bicyclic) bond motifs is 1. The van der Waals surface area contributed by atoms with Crippen LogP contribution in [-0.2, 0) is 16.1 Å². The maximum absolute atomic E-state index is 13.4. The molecule has 1 aromatic carbocycles. The molecule has 1 saturated heterocycles. The van der Waals surface area contributed by atoms with Gasteiger partial charge in [-0.05, 0) is 49.0 Å². The average Bonchev–Trinajstić information content (AvgIpc) is 3.09. The normalized spacial score (nSPS) is 17.0. The van der Waals surface area contributed by atoms with Gasteiger partial charge in [0.05, 0.1) is 5.52 Å². The molecule has 1 aromatic heterocycles. The van der Waals surface area contributed by atoms with E-state index >= 15 is 0 Å². The third-order valence-electron chi connectivity index (χ3n) is 6.05. The predicted molar refractivity (Wildman–Crippen MR) is 137 cm³/mol. The number of ether oxygens (including phenoxy) is 1. The van der Waals surface area contributed by atoms with Gasteiger partial charge in [-0.3, -0.25) is 14.3 Å². The van der Waals surface area contributed by atoms with Crippen LogP contribution in [0.4, 0.5) is 0 Å². The van der Waals surface area contributed by atoms with Gasteiger partial charge in [0, 0.05) is 37.4 Å². The SMILES string of the molecule is C=S(C)CCNC(=O)C(NC(=O)c1nn(CC2CCOCC2)c2cc(C)ccc12)C(C)(C)C.